The molecule has 0 saturated carbocycles. The van der Waals surface area contributed by atoms with E-state index in [9.17, 15) is 4.91 Å². The molecule has 4 heteroatoms. The van der Waals surface area contributed by atoms with E-state index in [0.717, 1.165) is 17.1 Å². The predicted octanol–water partition coefficient (Wildman–Crippen LogP) is 5.57. The van der Waals surface area contributed by atoms with Crippen LogP contribution in [0, 0.1) is 4.91 Å². The molecule has 0 spiro atoms. The zero-order valence-corrected chi connectivity index (χ0v) is 11.9. The maximum absolute atomic E-state index is 11.0. The first kappa shape index (κ1) is 13.8. The van der Waals surface area contributed by atoms with Gasteiger partial charge in [-0.15, -0.1) is 4.91 Å². The van der Waals surface area contributed by atoms with Crippen molar-refractivity contribution in [2.45, 2.75) is 0 Å². The lowest BCUT2D eigenvalue weighted by Crippen LogP contribution is -1.94. The van der Waals surface area contributed by atoms with Crippen LogP contribution in [0.1, 0.15) is 0 Å². The molecule has 0 unspecified atom stereocenters. The Kier molecular flexibility index (Phi) is 4.11. The summed E-state index contributed by atoms with van der Waals surface area (Å²) in [5, 5.41) is 9.59. The Labute approximate surface area is 128 Å². The predicted molar refractivity (Wildman–Crippen MR) is 91.3 cm³/mol. The molecule has 0 heterocycles. The molecule has 0 saturated heterocycles. The highest BCUT2D eigenvalue weighted by Gasteiger charge is 2.05. The van der Waals surface area contributed by atoms with Gasteiger partial charge in [-0.3, -0.25) is 0 Å². The normalized spacial score (nSPS) is 10.0. The summed E-state index contributed by atoms with van der Waals surface area (Å²) in [5.74, 6) is 0. The highest BCUT2D eigenvalue weighted by Crippen LogP contribution is 2.31. The van der Waals surface area contributed by atoms with Gasteiger partial charge in [-0.2, -0.15) is 0 Å². The molecule has 3 rings (SSSR count). The van der Waals surface area contributed by atoms with E-state index in [4.69, 9.17) is 0 Å². The van der Waals surface area contributed by atoms with Crippen LogP contribution in [0.15, 0.2) is 84.0 Å². The van der Waals surface area contributed by atoms with Crippen molar-refractivity contribution in [3.05, 3.63) is 83.8 Å². The Morgan fingerprint density at radius 2 is 1.23 bits per heavy atom. The quantitative estimate of drug-likeness (QED) is 0.603. The fraction of sp³-hybridized carbons (Fsp3) is 0. The van der Waals surface area contributed by atoms with Gasteiger partial charge in [0.1, 0.15) is 5.69 Å². The Morgan fingerprint density at radius 3 is 1.82 bits per heavy atom. The van der Waals surface area contributed by atoms with Crippen molar-refractivity contribution in [3.8, 4) is 0 Å². The van der Waals surface area contributed by atoms with Crippen molar-refractivity contribution in [1.29, 1.82) is 0 Å². The molecule has 4 nitrogen and oxygen atoms in total. The van der Waals surface area contributed by atoms with E-state index >= 15 is 0 Å². The lowest BCUT2D eigenvalue weighted by Gasteiger charge is -2.11. The molecule has 0 aliphatic rings. The smallest absolute Gasteiger partial charge is 0.131 e. The molecule has 0 bridgehead atoms. The highest BCUT2D eigenvalue weighted by molar-refractivity contribution is 5.77. The third-order valence-electron chi connectivity index (χ3n) is 3.21. The fourth-order valence-corrected chi connectivity index (χ4v) is 2.16. The minimum absolute atomic E-state index is 0.377. The van der Waals surface area contributed by atoms with Crippen LogP contribution in [-0.4, -0.2) is 0 Å². The second kappa shape index (κ2) is 6.54. The summed E-state index contributed by atoms with van der Waals surface area (Å²) < 4.78 is 0. The van der Waals surface area contributed by atoms with E-state index in [1.807, 2.05) is 72.8 Å². The number of nitrogens with zero attached hydrogens (tertiary/aromatic N) is 1. The third-order valence-corrected chi connectivity index (χ3v) is 3.21. The van der Waals surface area contributed by atoms with E-state index in [2.05, 4.69) is 15.8 Å². The van der Waals surface area contributed by atoms with Crippen LogP contribution < -0.4 is 10.6 Å². The number of nitrogens with one attached hydrogen (secondary N) is 2. The first-order valence-electron chi connectivity index (χ1n) is 6.97. The van der Waals surface area contributed by atoms with Gasteiger partial charge in [0.05, 0.1) is 5.69 Å². The number of rotatable bonds is 5. The minimum atomic E-state index is 0.377. The van der Waals surface area contributed by atoms with Gasteiger partial charge in [0, 0.05) is 17.1 Å². The molecule has 0 aliphatic carbocycles. The number of anilines is 4. The largest absolute Gasteiger partial charge is 0.355 e. The lowest BCUT2D eigenvalue weighted by molar-refractivity contribution is 1.45. The zero-order valence-electron chi connectivity index (χ0n) is 11.9. The molecule has 3 aromatic carbocycles. The molecule has 0 atom stereocenters. The van der Waals surface area contributed by atoms with Crippen LogP contribution >= 0.6 is 0 Å². The van der Waals surface area contributed by atoms with E-state index < -0.39 is 0 Å². The molecular formula is C18H15N3O. The van der Waals surface area contributed by atoms with Crippen LogP contribution in [0.3, 0.4) is 0 Å². The van der Waals surface area contributed by atoms with Crippen molar-refractivity contribution < 1.29 is 0 Å². The summed E-state index contributed by atoms with van der Waals surface area (Å²) >= 11 is 0. The number of nitroso groups, excluding NO2 is 1. The van der Waals surface area contributed by atoms with Gasteiger partial charge >= 0.3 is 0 Å². The standard InChI is InChI=1S/C18H15N3O/c22-21-17-12-11-16(19-14-7-3-1-4-8-14)13-18(17)20-15-9-5-2-6-10-15/h1-13,19-20H. The second-order valence-corrected chi connectivity index (χ2v) is 4.81. The van der Waals surface area contributed by atoms with E-state index in [1.165, 1.54) is 0 Å². The molecule has 0 amide bonds. The zero-order chi connectivity index (χ0) is 15.2. The van der Waals surface area contributed by atoms with Crippen molar-refractivity contribution in [1.82, 2.24) is 0 Å². The van der Waals surface area contributed by atoms with Gasteiger partial charge in [0.15, 0.2) is 0 Å². The third kappa shape index (κ3) is 3.30. The molecule has 22 heavy (non-hydrogen) atoms. The summed E-state index contributed by atoms with van der Waals surface area (Å²) in [6, 6.07) is 24.9. The van der Waals surface area contributed by atoms with Crippen molar-refractivity contribution >= 4 is 28.4 Å². The van der Waals surface area contributed by atoms with Crippen molar-refractivity contribution in [2.75, 3.05) is 10.6 Å². The maximum Gasteiger partial charge on any atom is 0.131 e. The van der Waals surface area contributed by atoms with Crippen LogP contribution in [0.5, 0.6) is 0 Å². The summed E-state index contributed by atoms with van der Waals surface area (Å²) in [6.45, 7) is 0. The molecule has 3 aromatic rings. The Hall–Kier alpha value is -3.14. The second-order valence-electron chi connectivity index (χ2n) is 4.81. The summed E-state index contributed by atoms with van der Waals surface area (Å²) in [6.07, 6.45) is 0. The molecule has 0 fully saturated rings. The first-order chi connectivity index (χ1) is 10.8. The average Bonchev–Trinajstić information content (AvgIpc) is 2.57. The van der Waals surface area contributed by atoms with Crippen LogP contribution in [-0.2, 0) is 0 Å². The number of hydrogen-bond donors (Lipinski definition) is 2. The van der Waals surface area contributed by atoms with Gasteiger partial charge in [-0.25, -0.2) is 0 Å². The van der Waals surface area contributed by atoms with Gasteiger partial charge in [-0.1, -0.05) is 36.4 Å². The van der Waals surface area contributed by atoms with Crippen LogP contribution in [0.2, 0.25) is 0 Å². The molecule has 2 N–H and O–H groups in total. The average molecular weight is 289 g/mol. The lowest BCUT2D eigenvalue weighted by atomic mass is 10.2. The topological polar surface area (TPSA) is 53.5 Å². The highest BCUT2D eigenvalue weighted by atomic mass is 16.3. The first-order valence-corrected chi connectivity index (χ1v) is 6.97. The van der Waals surface area contributed by atoms with E-state index in [-0.39, 0.29) is 0 Å². The van der Waals surface area contributed by atoms with Gasteiger partial charge in [0.25, 0.3) is 0 Å². The molecule has 108 valence electrons. The molecule has 0 aliphatic heterocycles. The van der Waals surface area contributed by atoms with E-state index in [1.54, 1.807) is 6.07 Å². The van der Waals surface area contributed by atoms with E-state index in [0.29, 0.717) is 11.4 Å². The minimum Gasteiger partial charge on any atom is -0.355 e. The number of para-hydroxylation sites is 2. The number of hydrogen-bond acceptors (Lipinski definition) is 4. The SMILES string of the molecule is O=Nc1ccc(Nc2ccccc2)cc1Nc1ccccc1. The summed E-state index contributed by atoms with van der Waals surface area (Å²) in [4.78, 5) is 11.0. The molecular weight excluding hydrogens is 274 g/mol. The molecule has 0 radical (unpaired) electrons. The summed E-state index contributed by atoms with van der Waals surface area (Å²) in [5.41, 5.74) is 3.82. The van der Waals surface area contributed by atoms with Crippen LogP contribution in [0.4, 0.5) is 28.4 Å². The van der Waals surface area contributed by atoms with Crippen LogP contribution in [0.25, 0.3) is 0 Å². The van der Waals surface area contributed by atoms with Crippen molar-refractivity contribution in [2.24, 2.45) is 5.18 Å². The number of benzene rings is 3. The molecule has 0 aromatic heterocycles. The monoisotopic (exact) mass is 289 g/mol. The fourth-order valence-electron chi connectivity index (χ4n) is 2.16. The van der Waals surface area contributed by atoms with Crippen molar-refractivity contribution in [3.63, 3.8) is 0 Å². The van der Waals surface area contributed by atoms with Gasteiger partial charge < -0.3 is 10.6 Å². The maximum atomic E-state index is 11.0. The van der Waals surface area contributed by atoms with Gasteiger partial charge in [0.2, 0.25) is 0 Å². The van der Waals surface area contributed by atoms with Gasteiger partial charge in [-0.05, 0) is 47.6 Å². The summed E-state index contributed by atoms with van der Waals surface area (Å²) in [7, 11) is 0. The Balaban J connectivity index is 1.88. The Bertz CT molecular complexity index is 758. The Morgan fingerprint density at radius 1 is 0.636 bits per heavy atom.